The molecule has 4 aromatic carbocycles. The Morgan fingerprint density at radius 2 is 1.49 bits per heavy atom. The second-order valence-corrected chi connectivity index (χ2v) is 16.0. The van der Waals surface area contributed by atoms with Crippen LogP contribution in [-0.2, 0) is 26.8 Å². The summed E-state index contributed by atoms with van der Waals surface area (Å²) in [5, 5.41) is 5.18. The van der Waals surface area contributed by atoms with Crippen LogP contribution in [0.4, 0.5) is 5.69 Å². The van der Waals surface area contributed by atoms with Gasteiger partial charge in [0.25, 0.3) is 25.2 Å². The van der Waals surface area contributed by atoms with Gasteiger partial charge in [0.15, 0.2) is 6.54 Å². The zero-order valence-electron chi connectivity index (χ0n) is 23.4. The highest BCUT2D eigenvalue weighted by Gasteiger charge is 2.34. The van der Waals surface area contributed by atoms with Gasteiger partial charge in [-0.2, -0.15) is 21.4 Å². The van der Waals surface area contributed by atoms with Gasteiger partial charge in [-0.3, -0.25) is 9.11 Å². The van der Waals surface area contributed by atoms with E-state index in [0.717, 1.165) is 52.9 Å². The molecule has 0 saturated carbocycles. The van der Waals surface area contributed by atoms with Crippen LogP contribution in [0.5, 0.6) is 0 Å². The zero-order chi connectivity index (χ0) is 30.4. The minimum Gasteiger partial charge on any atom is -0.354 e. The Hall–Kier alpha value is -3.00. The normalized spacial score (nSPS) is 16.0. The molecule has 43 heavy (non-hydrogen) atoms. The Kier molecular flexibility index (Phi) is 8.26. The Bertz CT molecular complexity index is 2110. The van der Waals surface area contributed by atoms with Gasteiger partial charge in [-0.05, 0) is 47.9 Å². The van der Waals surface area contributed by atoms with E-state index in [2.05, 4.69) is 71.0 Å². The van der Waals surface area contributed by atoms with Crippen molar-refractivity contribution in [3.05, 3.63) is 83.4 Å². The molecule has 1 aliphatic rings. The maximum absolute atomic E-state index is 11.5. The van der Waals surface area contributed by atoms with Crippen molar-refractivity contribution in [2.24, 2.45) is 0 Å². The van der Waals surface area contributed by atoms with Gasteiger partial charge in [-0.15, -0.1) is 0 Å². The van der Waals surface area contributed by atoms with Crippen LogP contribution in [0.3, 0.4) is 0 Å². The number of fused-ring (bicyclic) bond motifs is 6. The number of aryl methyl sites for hydroxylation is 1. The Morgan fingerprint density at radius 3 is 2.21 bits per heavy atom. The molecule has 0 saturated heterocycles. The van der Waals surface area contributed by atoms with Crippen molar-refractivity contribution in [3.63, 3.8) is 0 Å². The number of hydrogen-bond donors (Lipinski definition) is 2. The highest BCUT2D eigenvalue weighted by atomic mass is 32.2. The van der Waals surface area contributed by atoms with Crippen molar-refractivity contribution in [3.8, 4) is 0 Å². The highest BCUT2D eigenvalue weighted by Crippen LogP contribution is 2.49. The van der Waals surface area contributed by atoms with Crippen LogP contribution in [0.25, 0.3) is 37.8 Å². The summed E-state index contributed by atoms with van der Waals surface area (Å²) in [7, 11) is -8.18. The van der Waals surface area contributed by atoms with Crippen molar-refractivity contribution < 1.29 is 30.5 Å². The monoisotopic (exact) mass is 655 g/mol. The molecule has 224 valence electrons. The van der Waals surface area contributed by atoms with Gasteiger partial charge in [0.1, 0.15) is 10.1 Å². The molecule has 0 fully saturated rings. The first-order valence-corrected chi connectivity index (χ1v) is 18.8. The Labute approximate surface area is 259 Å². The van der Waals surface area contributed by atoms with Crippen LogP contribution in [-0.4, -0.2) is 49.4 Å². The van der Waals surface area contributed by atoms with Crippen LogP contribution in [0.2, 0.25) is 0 Å². The number of nitrogens with zero attached hydrogens (tertiary/aromatic N) is 2. The van der Waals surface area contributed by atoms with Crippen LogP contribution in [0, 0.1) is 0 Å². The van der Waals surface area contributed by atoms with E-state index in [9.17, 15) is 25.9 Å². The minimum atomic E-state index is -4.09. The molecular formula is C31H31N2O6S4+. The van der Waals surface area contributed by atoms with Gasteiger partial charge < -0.3 is 4.90 Å². The third-order valence-electron chi connectivity index (χ3n) is 7.61. The minimum absolute atomic E-state index is 0.115. The van der Waals surface area contributed by atoms with Gasteiger partial charge in [-0.25, -0.2) is 0 Å². The summed E-state index contributed by atoms with van der Waals surface area (Å²) in [6.45, 7) is 2.91. The first-order valence-electron chi connectivity index (χ1n) is 13.9. The lowest BCUT2D eigenvalue weighted by molar-refractivity contribution is -0.667. The average molecular weight is 656 g/mol. The van der Waals surface area contributed by atoms with Crippen LogP contribution < -0.4 is 9.47 Å². The van der Waals surface area contributed by atoms with Gasteiger partial charge in [0.2, 0.25) is 5.52 Å². The molecule has 6 rings (SSSR count). The highest BCUT2D eigenvalue weighted by molar-refractivity contribution is 8.00. The fourth-order valence-corrected chi connectivity index (χ4v) is 9.31. The van der Waals surface area contributed by atoms with Crippen molar-refractivity contribution in [2.75, 3.05) is 23.0 Å². The maximum Gasteiger partial charge on any atom is 0.265 e. The topological polar surface area (TPSA) is 116 Å². The van der Waals surface area contributed by atoms with E-state index in [-0.39, 0.29) is 29.7 Å². The predicted octanol–water partition coefficient (Wildman–Crippen LogP) is 6.39. The molecule has 2 N–H and O–H groups in total. The molecule has 1 atom stereocenters. The molecule has 1 aliphatic heterocycles. The number of aromatic nitrogens is 1. The summed E-state index contributed by atoms with van der Waals surface area (Å²) >= 11 is 3.34. The third kappa shape index (κ3) is 6.45. The molecule has 5 aromatic rings. The second-order valence-electron chi connectivity index (χ2n) is 10.7. The van der Waals surface area contributed by atoms with Gasteiger partial charge in [0.05, 0.1) is 22.6 Å². The van der Waals surface area contributed by atoms with E-state index in [0.29, 0.717) is 13.1 Å². The maximum atomic E-state index is 11.5. The third-order valence-corrected chi connectivity index (χ3v) is 11.8. The van der Waals surface area contributed by atoms with Crippen LogP contribution >= 0.6 is 23.1 Å². The number of anilines is 1. The molecule has 12 heteroatoms. The van der Waals surface area contributed by atoms with Crippen LogP contribution in [0.1, 0.15) is 24.8 Å². The summed E-state index contributed by atoms with van der Waals surface area (Å²) < 4.78 is 68.2. The number of benzene rings is 4. The summed E-state index contributed by atoms with van der Waals surface area (Å²) in [4.78, 5) is 3.33. The first kappa shape index (κ1) is 30.0. The van der Waals surface area contributed by atoms with E-state index < -0.39 is 20.2 Å². The lowest BCUT2D eigenvalue weighted by Gasteiger charge is -2.28. The van der Waals surface area contributed by atoms with Crippen molar-refractivity contribution >= 4 is 86.9 Å². The van der Waals surface area contributed by atoms with Crippen molar-refractivity contribution in [1.29, 1.82) is 0 Å². The summed E-state index contributed by atoms with van der Waals surface area (Å²) in [5.41, 5.74) is 3.13. The Morgan fingerprint density at radius 1 is 0.860 bits per heavy atom. The van der Waals surface area contributed by atoms with E-state index >= 15 is 0 Å². The molecule has 2 heterocycles. The molecular weight excluding hydrogens is 625 g/mol. The van der Waals surface area contributed by atoms with Gasteiger partial charge in [0, 0.05) is 29.3 Å². The summed E-state index contributed by atoms with van der Waals surface area (Å²) in [6.07, 6.45) is 2.67. The number of hydrogen-bond acceptors (Lipinski definition) is 7. The van der Waals surface area contributed by atoms with Gasteiger partial charge in [-0.1, -0.05) is 77.7 Å². The lowest BCUT2D eigenvalue weighted by Crippen LogP contribution is -2.37. The fourth-order valence-electron chi connectivity index (χ4n) is 5.79. The quantitative estimate of drug-likeness (QED) is 0.131. The van der Waals surface area contributed by atoms with E-state index in [1.54, 1.807) is 23.1 Å². The summed E-state index contributed by atoms with van der Waals surface area (Å²) in [6, 6.07) is 24.6. The average Bonchev–Trinajstić information content (AvgIpc) is 3.50. The molecule has 0 amide bonds. The SMILES string of the molecule is C/C(=C\c1sc2ccc3ccccc3c2[n+]1CCCS(=O)(=O)O)C1Sc2ccc3ccccc3c2N1CCCS(=O)(=O)O. The molecule has 0 bridgehead atoms. The number of rotatable bonds is 10. The first-order chi connectivity index (χ1) is 20.5. The molecule has 0 spiro atoms. The largest absolute Gasteiger partial charge is 0.354 e. The Balaban J connectivity index is 1.43. The molecule has 1 aromatic heterocycles. The predicted molar refractivity (Wildman–Crippen MR) is 176 cm³/mol. The van der Waals surface area contributed by atoms with Gasteiger partial charge >= 0.3 is 0 Å². The molecule has 0 radical (unpaired) electrons. The molecule has 1 unspecified atom stereocenters. The fraction of sp³-hybridized carbons (Fsp3) is 0.258. The van der Waals surface area contributed by atoms with Crippen molar-refractivity contribution in [1.82, 2.24) is 0 Å². The zero-order valence-corrected chi connectivity index (χ0v) is 26.6. The lowest BCUT2D eigenvalue weighted by atomic mass is 10.1. The van der Waals surface area contributed by atoms with Crippen molar-refractivity contribution in [2.45, 2.75) is 36.6 Å². The number of thiazole rings is 1. The number of thioether (sulfide) groups is 1. The summed E-state index contributed by atoms with van der Waals surface area (Å²) in [5.74, 6) is -0.645. The van der Waals surface area contributed by atoms with Crippen LogP contribution in [0.15, 0.2) is 83.3 Å². The van der Waals surface area contributed by atoms with E-state index in [1.807, 2.05) is 24.3 Å². The molecule has 8 nitrogen and oxygen atoms in total. The smallest absolute Gasteiger partial charge is 0.265 e. The van der Waals surface area contributed by atoms with E-state index in [4.69, 9.17) is 0 Å². The molecule has 0 aliphatic carbocycles. The van der Waals surface area contributed by atoms with E-state index in [1.165, 1.54) is 0 Å². The standard InChI is InChI=1S/C31H30N2O6S4/c1-21(31-33(17-7-19-43(37,38)39)30-25-11-5-3-9-23(25)13-15-27(30)41-31)20-28-32(16-6-18-42(34,35)36)29-24-10-4-2-8-22(24)12-14-26(29)40-28/h2-5,8-15,20,31H,6-7,16-19H2,1H3,(H-,34,35,36,37,38,39)/p+1/b21-20+. The second kappa shape index (κ2) is 11.8.